The standard InChI is InChI=1S/C23H23N5O6S/c1-13-18(20-24-6-5-8-28(20)26-13)21(29)25-7-9-27-22(30)17(35-23(27)31)12-14-10-15(32-2)19(34-4)16(11-14)33-3/h5-6,8,10-12H,7,9H2,1-4H3,(H,25,29)/b17-12-. The maximum atomic E-state index is 12.9. The molecule has 1 aliphatic rings. The van der Waals surface area contributed by atoms with Gasteiger partial charge in [-0.15, -0.1) is 0 Å². The van der Waals surface area contributed by atoms with Gasteiger partial charge in [-0.3, -0.25) is 19.3 Å². The van der Waals surface area contributed by atoms with Crippen molar-refractivity contribution in [2.24, 2.45) is 0 Å². The molecule has 0 unspecified atom stereocenters. The second-order valence-electron chi connectivity index (χ2n) is 7.40. The Bertz CT molecular complexity index is 1330. The van der Waals surface area contributed by atoms with Crippen LogP contribution in [0.3, 0.4) is 0 Å². The minimum absolute atomic E-state index is 0.0225. The van der Waals surface area contributed by atoms with Crippen LogP contribution in [0.15, 0.2) is 35.5 Å². The van der Waals surface area contributed by atoms with Gasteiger partial charge in [0, 0.05) is 25.5 Å². The number of aromatic nitrogens is 3. The largest absolute Gasteiger partial charge is 0.493 e. The quantitative estimate of drug-likeness (QED) is 0.468. The average molecular weight is 498 g/mol. The fourth-order valence-electron chi connectivity index (χ4n) is 3.66. The SMILES string of the molecule is COc1cc(/C=C2\SC(=O)N(CCNC(=O)c3c(C)nn4cccnc34)C2=O)cc(OC)c1OC. The molecule has 1 fully saturated rings. The second-order valence-corrected chi connectivity index (χ2v) is 8.39. The van der Waals surface area contributed by atoms with Crippen LogP contribution in [0.25, 0.3) is 11.7 Å². The van der Waals surface area contributed by atoms with Crippen LogP contribution in [0.5, 0.6) is 17.2 Å². The van der Waals surface area contributed by atoms with E-state index in [1.807, 2.05) is 0 Å². The summed E-state index contributed by atoms with van der Waals surface area (Å²) in [5, 5.41) is 6.59. The maximum absolute atomic E-state index is 12.9. The Balaban J connectivity index is 1.45. The highest BCUT2D eigenvalue weighted by Crippen LogP contribution is 2.40. The Labute approximate surface area is 205 Å². The van der Waals surface area contributed by atoms with Gasteiger partial charge in [0.15, 0.2) is 17.1 Å². The van der Waals surface area contributed by atoms with E-state index in [1.54, 1.807) is 43.6 Å². The molecule has 35 heavy (non-hydrogen) atoms. The number of imide groups is 1. The van der Waals surface area contributed by atoms with Gasteiger partial charge in [0.25, 0.3) is 17.1 Å². The molecule has 0 bridgehead atoms. The molecule has 3 heterocycles. The molecule has 0 spiro atoms. The van der Waals surface area contributed by atoms with Crippen LogP contribution in [0, 0.1) is 6.92 Å². The number of fused-ring (bicyclic) bond motifs is 1. The van der Waals surface area contributed by atoms with Crippen molar-refractivity contribution in [2.45, 2.75) is 6.92 Å². The number of nitrogens with one attached hydrogen (secondary N) is 1. The summed E-state index contributed by atoms with van der Waals surface area (Å²) in [4.78, 5) is 43.6. The summed E-state index contributed by atoms with van der Waals surface area (Å²) in [5.41, 5.74) is 1.92. The van der Waals surface area contributed by atoms with Gasteiger partial charge in [-0.2, -0.15) is 5.10 Å². The first-order valence-corrected chi connectivity index (χ1v) is 11.3. The zero-order valence-electron chi connectivity index (χ0n) is 19.5. The van der Waals surface area contributed by atoms with Gasteiger partial charge in [-0.25, -0.2) is 9.50 Å². The van der Waals surface area contributed by atoms with Crippen molar-refractivity contribution in [2.75, 3.05) is 34.4 Å². The first-order valence-electron chi connectivity index (χ1n) is 10.5. The lowest BCUT2D eigenvalue weighted by atomic mass is 10.1. The molecule has 0 radical (unpaired) electrons. The molecule has 0 aliphatic carbocycles. The number of rotatable bonds is 8. The van der Waals surface area contributed by atoms with Gasteiger partial charge in [-0.1, -0.05) is 0 Å². The molecule has 4 rings (SSSR count). The van der Waals surface area contributed by atoms with E-state index in [9.17, 15) is 14.4 Å². The number of benzene rings is 1. The van der Waals surface area contributed by atoms with Crippen LogP contribution in [-0.4, -0.2) is 71.0 Å². The number of thioether (sulfide) groups is 1. The van der Waals surface area contributed by atoms with E-state index in [0.717, 1.165) is 16.7 Å². The Morgan fingerprint density at radius 1 is 1.14 bits per heavy atom. The number of ether oxygens (including phenoxy) is 3. The highest BCUT2D eigenvalue weighted by atomic mass is 32.2. The van der Waals surface area contributed by atoms with E-state index in [1.165, 1.54) is 25.8 Å². The number of aryl methyl sites for hydroxylation is 1. The monoisotopic (exact) mass is 497 g/mol. The van der Waals surface area contributed by atoms with Gasteiger partial charge in [-0.05, 0) is 48.5 Å². The fraction of sp³-hybridized carbons (Fsp3) is 0.261. The van der Waals surface area contributed by atoms with Gasteiger partial charge in [0.2, 0.25) is 5.75 Å². The van der Waals surface area contributed by atoms with Crippen molar-refractivity contribution < 1.29 is 28.6 Å². The van der Waals surface area contributed by atoms with E-state index in [4.69, 9.17) is 14.2 Å². The number of amides is 3. The van der Waals surface area contributed by atoms with E-state index in [2.05, 4.69) is 15.4 Å². The summed E-state index contributed by atoms with van der Waals surface area (Å²) in [6.45, 7) is 1.82. The van der Waals surface area contributed by atoms with E-state index in [-0.39, 0.29) is 23.9 Å². The summed E-state index contributed by atoms with van der Waals surface area (Å²) >= 11 is 0.824. The predicted octanol–water partition coefficient (Wildman–Crippen LogP) is 2.53. The molecule has 11 nitrogen and oxygen atoms in total. The number of carbonyl (C=O) groups excluding carboxylic acids is 3. The molecular weight excluding hydrogens is 474 g/mol. The lowest BCUT2D eigenvalue weighted by molar-refractivity contribution is -0.122. The summed E-state index contributed by atoms with van der Waals surface area (Å²) in [5.74, 6) is 0.454. The van der Waals surface area contributed by atoms with Crippen LogP contribution < -0.4 is 19.5 Å². The molecule has 3 aromatic rings. The molecule has 2 aromatic heterocycles. The van der Waals surface area contributed by atoms with Gasteiger partial charge in [0.05, 0.1) is 31.9 Å². The zero-order valence-corrected chi connectivity index (χ0v) is 20.3. The third-order valence-corrected chi connectivity index (χ3v) is 6.18. The molecule has 1 N–H and O–H groups in total. The summed E-state index contributed by atoms with van der Waals surface area (Å²) in [7, 11) is 4.49. The number of hydrogen-bond donors (Lipinski definition) is 1. The topological polar surface area (TPSA) is 124 Å². The molecule has 182 valence electrons. The van der Waals surface area contributed by atoms with Crippen molar-refractivity contribution in [1.29, 1.82) is 0 Å². The second kappa shape index (κ2) is 10.1. The van der Waals surface area contributed by atoms with Crippen LogP contribution in [0.4, 0.5) is 4.79 Å². The molecule has 0 saturated carbocycles. The Hall–Kier alpha value is -4.06. The minimum atomic E-state index is -0.447. The first kappa shape index (κ1) is 24.1. The summed E-state index contributed by atoms with van der Waals surface area (Å²) in [6, 6.07) is 5.08. The predicted molar refractivity (Wildman–Crippen MR) is 129 cm³/mol. The lowest BCUT2D eigenvalue weighted by Gasteiger charge is -2.13. The normalized spacial score (nSPS) is 14.6. The van der Waals surface area contributed by atoms with Crippen LogP contribution >= 0.6 is 11.8 Å². The van der Waals surface area contributed by atoms with E-state index in [0.29, 0.717) is 39.7 Å². The zero-order chi connectivity index (χ0) is 25.1. The number of nitrogens with zero attached hydrogens (tertiary/aromatic N) is 4. The number of carbonyl (C=O) groups is 3. The molecule has 0 atom stereocenters. The Morgan fingerprint density at radius 2 is 1.86 bits per heavy atom. The molecule has 1 aromatic carbocycles. The smallest absolute Gasteiger partial charge is 0.293 e. The highest BCUT2D eigenvalue weighted by molar-refractivity contribution is 8.18. The maximum Gasteiger partial charge on any atom is 0.293 e. The third-order valence-electron chi connectivity index (χ3n) is 5.28. The van der Waals surface area contributed by atoms with Crippen molar-refractivity contribution >= 4 is 40.5 Å². The third kappa shape index (κ3) is 4.64. The Kier molecular flexibility index (Phi) is 6.92. The number of methoxy groups -OCH3 is 3. The Morgan fingerprint density at radius 3 is 2.51 bits per heavy atom. The summed E-state index contributed by atoms with van der Waals surface area (Å²) < 4.78 is 17.5. The van der Waals surface area contributed by atoms with Crippen molar-refractivity contribution in [1.82, 2.24) is 24.8 Å². The van der Waals surface area contributed by atoms with Crippen molar-refractivity contribution in [3.8, 4) is 17.2 Å². The molecular formula is C23H23N5O6S. The van der Waals surface area contributed by atoms with Gasteiger partial charge in [0.1, 0.15) is 5.56 Å². The van der Waals surface area contributed by atoms with Crippen LogP contribution in [-0.2, 0) is 4.79 Å². The van der Waals surface area contributed by atoms with Crippen LogP contribution in [0.2, 0.25) is 0 Å². The first-order chi connectivity index (χ1) is 16.9. The van der Waals surface area contributed by atoms with Gasteiger partial charge >= 0.3 is 0 Å². The lowest BCUT2D eigenvalue weighted by Crippen LogP contribution is -2.37. The van der Waals surface area contributed by atoms with E-state index < -0.39 is 11.1 Å². The number of hydrogen-bond acceptors (Lipinski definition) is 9. The molecule has 1 saturated heterocycles. The minimum Gasteiger partial charge on any atom is -0.493 e. The van der Waals surface area contributed by atoms with Crippen molar-refractivity contribution in [3.05, 3.63) is 52.3 Å². The fourth-order valence-corrected chi connectivity index (χ4v) is 4.53. The highest BCUT2D eigenvalue weighted by Gasteiger charge is 2.35. The average Bonchev–Trinajstić information content (AvgIpc) is 3.33. The van der Waals surface area contributed by atoms with E-state index >= 15 is 0 Å². The molecule has 12 heteroatoms. The van der Waals surface area contributed by atoms with Gasteiger partial charge < -0.3 is 19.5 Å². The van der Waals surface area contributed by atoms with Crippen LogP contribution in [0.1, 0.15) is 21.6 Å². The summed E-state index contributed by atoms with van der Waals surface area (Å²) in [6.07, 6.45) is 4.86. The molecule has 3 amide bonds. The molecule has 1 aliphatic heterocycles. The van der Waals surface area contributed by atoms with Crippen molar-refractivity contribution in [3.63, 3.8) is 0 Å².